The van der Waals surface area contributed by atoms with Gasteiger partial charge in [0, 0.05) is 24.8 Å². The van der Waals surface area contributed by atoms with Crippen LogP contribution in [0.3, 0.4) is 0 Å². The van der Waals surface area contributed by atoms with Crippen molar-refractivity contribution in [3.05, 3.63) is 30.0 Å². The predicted octanol–water partition coefficient (Wildman–Crippen LogP) is 2.78. The van der Waals surface area contributed by atoms with Gasteiger partial charge in [0.05, 0.1) is 18.3 Å². The van der Waals surface area contributed by atoms with E-state index in [1.807, 2.05) is 24.3 Å². The molecule has 112 valence electrons. The van der Waals surface area contributed by atoms with Gasteiger partial charge in [-0.15, -0.1) is 0 Å². The van der Waals surface area contributed by atoms with Gasteiger partial charge in [-0.05, 0) is 25.3 Å². The van der Waals surface area contributed by atoms with Crippen LogP contribution < -0.4 is 10.5 Å². The van der Waals surface area contributed by atoms with E-state index in [2.05, 4.69) is 10.2 Å². The van der Waals surface area contributed by atoms with Crippen molar-refractivity contribution in [2.75, 3.05) is 20.0 Å². The molecule has 0 atom stereocenters. The lowest BCUT2D eigenvalue weighted by molar-refractivity contribution is -0.0713. The Bertz CT molecular complexity index is 627. The second-order valence-electron chi connectivity index (χ2n) is 5.58. The number of nitrogens with two attached hydrogens (primary N) is 1. The Balaban J connectivity index is 2.01. The van der Waals surface area contributed by atoms with Crippen LogP contribution in [-0.4, -0.2) is 30.0 Å². The first kappa shape index (κ1) is 13.9. The van der Waals surface area contributed by atoms with Gasteiger partial charge >= 0.3 is 0 Å². The molecular formula is C16H21N3O2. The molecule has 0 saturated heterocycles. The first-order chi connectivity index (χ1) is 10.2. The van der Waals surface area contributed by atoms with E-state index < -0.39 is 0 Å². The molecule has 0 unspecified atom stereocenters. The molecule has 0 radical (unpaired) electrons. The molecule has 1 saturated carbocycles. The Morgan fingerprint density at radius 2 is 2.05 bits per heavy atom. The van der Waals surface area contributed by atoms with Gasteiger partial charge in [-0.1, -0.05) is 18.2 Å². The molecule has 5 nitrogen and oxygen atoms in total. The molecule has 21 heavy (non-hydrogen) atoms. The third-order valence-electron chi connectivity index (χ3n) is 4.44. The summed E-state index contributed by atoms with van der Waals surface area (Å²) in [6, 6.07) is 7.86. The maximum atomic E-state index is 6.08. The molecule has 0 amide bonds. The van der Waals surface area contributed by atoms with E-state index in [1.165, 1.54) is 6.42 Å². The fourth-order valence-corrected chi connectivity index (χ4v) is 3.02. The van der Waals surface area contributed by atoms with Crippen LogP contribution in [0.1, 0.15) is 25.0 Å². The second-order valence-corrected chi connectivity index (χ2v) is 5.58. The average molecular weight is 287 g/mol. The maximum absolute atomic E-state index is 6.08. The minimum absolute atomic E-state index is 0.0737. The summed E-state index contributed by atoms with van der Waals surface area (Å²) < 4.78 is 11.2. The molecule has 0 aliphatic heterocycles. The molecule has 1 aliphatic carbocycles. The molecule has 2 aromatic rings. The normalized spacial score (nSPS) is 16.5. The number of aromatic amines is 1. The summed E-state index contributed by atoms with van der Waals surface area (Å²) in [5.74, 6) is 1.30. The molecule has 1 aromatic heterocycles. The molecular weight excluding hydrogens is 266 g/mol. The van der Waals surface area contributed by atoms with Gasteiger partial charge in [-0.3, -0.25) is 5.10 Å². The molecule has 0 bridgehead atoms. The van der Waals surface area contributed by atoms with E-state index in [9.17, 15) is 0 Å². The smallest absolute Gasteiger partial charge is 0.153 e. The summed E-state index contributed by atoms with van der Waals surface area (Å²) in [6.07, 6.45) is 4.16. The highest BCUT2D eigenvalue weighted by Crippen LogP contribution is 2.42. The lowest BCUT2D eigenvalue weighted by Crippen LogP contribution is -2.41. The number of ether oxygens (including phenoxy) is 2. The first-order valence-corrected chi connectivity index (χ1v) is 7.20. The molecule has 1 aliphatic rings. The lowest BCUT2D eigenvalue weighted by atomic mass is 9.76. The zero-order chi connectivity index (χ0) is 14.9. The minimum atomic E-state index is -0.0737. The number of nitrogen functional groups attached to an aromatic ring is 1. The largest absolute Gasteiger partial charge is 0.496 e. The SMILES string of the molecule is COc1ccccc1-c1c(N)n[nH]c1CC1(OC)CCC1. The summed E-state index contributed by atoms with van der Waals surface area (Å²) in [4.78, 5) is 0. The number of aromatic nitrogens is 2. The van der Waals surface area contributed by atoms with Crippen molar-refractivity contribution < 1.29 is 9.47 Å². The number of rotatable bonds is 5. The Hall–Kier alpha value is -2.01. The third kappa shape index (κ3) is 2.38. The highest BCUT2D eigenvalue weighted by Gasteiger charge is 2.38. The Morgan fingerprint density at radius 1 is 1.29 bits per heavy atom. The van der Waals surface area contributed by atoms with Gasteiger partial charge in [-0.2, -0.15) is 5.10 Å². The fraction of sp³-hybridized carbons (Fsp3) is 0.438. The topological polar surface area (TPSA) is 73.2 Å². The maximum Gasteiger partial charge on any atom is 0.153 e. The van der Waals surface area contributed by atoms with Crippen molar-refractivity contribution in [2.24, 2.45) is 0 Å². The van der Waals surface area contributed by atoms with Crippen molar-refractivity contribution >= 4 is 5.82 Å². The Morgan fingerprint density at radius 3 is 2.67 bits per heavy atom. The van der Waals surface area contributed by atoms with E-state index in [0.717, 1.165) is 41.8 Å². The van der Waals surface area contributed by atoms with Crippen molar-refractivity contribution in [1.82, 2.24) is 10.2 Å². The summed E-state index contributed by atoms with van der Waals surface area (Å²) in [7, 11) is 3.44. The number of hydrogen-bond acceptors (Lipinski definition) is 4. The quantitative estimate of drug-likeness (QED) is 0.887. The average Bonchev–Trinajstić information content (AvgIpc) is 2.83. The van der Waals surface area contributed by atoms with Crippen LogP contribution in [0.15, 0.2) is 24.3 Å². The molecule has 1 aromatic carbocycles. The van der Waals surface area contributed by atoms with Crippen LogP contribution >= 0.6 is 0 Å². The van der Waals surface area contributed by atoms with Gasteiger partial charge in [0.1, 0.15) is 5.75 Å². The zero-order valence-electron chi connectivity index (χ0n) is 12.5. The third-order valence-corrected chi connectivity index (χ3v) is 4.44. The Kier molecular flexibility index (Phi) is 3.59. The summed E-state index contributed by atoms with van der Waals surface area (Å²) in [5, 5.41) is 7.26. The molecule has 1 fully saturated rings. The van der Waals surface area contributed by atoms with Crippen LogP contribution in [-0.2, 0) is 11.2 Å². The van der Waals surface area contributed by atoms with E-state index >= 15 is 0 Å². The van der Waals surface area contributed by atoms with Gasteiger partial charge < -0.3 is 15.2 Å². The lowest BCUT2D eigenvalue weighted by Gasteiger charge is -2.40. The van der Waals surface area contributed by atoms with Crippen molar-refractivity contribution in [3.8, 4) is 16.9 Å². The monoisotopic (exact) mass is 287 g/mol. The van der Waals surface area contributed by atoms with E-state index in [-0.39, 0.29) is 5.60 Å². The van der Waals surface area contributed by atoms with Crippen molar-refractivity contribution in [3.63, 3.8) is 0 Å². The van der Waals surface area contributed by atoms with Crippen LogP contribution in [0, 0.1) is 0 Å². The van der Waals surface area contributed by atoms with Gasteiger partial charge in [0.15, 0.2) is 5.82 Å². The highest BCUT2D eigenvalue weighted by molar-refractivity contribution is 5.80. The summed E-state index contributed by atoms with van der Waals surface area (Å²) >= 11 is 0. The van der Waals surface area contributed by atoms with Gasteiger partial charge in [0.25, 0.3) is 0 Å². The minimum Gasteiger partial charge on any atom is -0.496 e. The predicted molar refractivity (Wildman–Crippen MR) is 82.3 cm³/mol. The molecule has 3 rings (SSSR count). The van der Waals surface area contributed by atoms with E-state index in [0.29, 0.717) is 5.82 Å². The van der Waals surface area contributed by atoms with Crippen molar-refractivity contribution in [2.45, 2.75) is 31.3 Å². The van der Waals surface area contributed by atoms with Gasteiger partial charge in [0.2, 0.25) is 0 Å². The van der Waals surface area contributed by atoms with Crippen molar-refractivity contribution in [1.29, 1.82) is 0 Å². The van der Waals surface area contributed by atoms with E-state index in [1.54, 1.807) is 14.2 Å². The zero-order valence-corrected chi connectivity index (χ0v) is 12.5. The fourth-order valence-electron chi connectivity index (χ4n) is 3.02. The standard InChI is InChI=1S/C16H21N3O2/c1-20-13-7-4-3-6-11(13)14-12(18-19-15(14)17)10-16(21-2)8-5-9-16/h3-4,6-7H,5,8-10H2,1-2H3,(H3,17,18,19). The summed E-state index contributed by atoms with van der Waals surface area (Å²) in [5.41, 5.74) is 8.91. The number of benzene rings is 1. The second kappa shape index (κ2) is 5.41. The first-order valence-electron chi connectivity index (χ1n) is 7.20. The van der Waals surface area contributed by atoms with Crippen LogP contribution in [0.4, 0.5) is 5.82 Å². The molecule has 0 spiro atoms. The number of nitrogens with one attached hydrogen (secondary N) is 1. The molecule has 3 N–H and O–H groups in total. The van der Waals surface area contributed by atoms with E-state index in [4.69, 9.17) is 15.2 Å². The number of methoxy groups -OCH3 is 2. The number of para-hydroxylation sites is 1. The number of H-pyrrole nitrogens is 1. The Labute approximate surface area is 124 Å². The molecule has 5 heteroatoms. The van der Waals surface area contributed by atoms with Crippen LogP contribution in [0.2, 0.25) is 0 Å². The number of hydrogen-bond donors (Lipinski definition) is 2. The van der Waals surface area contributed by atoms with Crippen LogP contribution in [0.5, 0.6) is 5.75 Å². The summed E-state index contributed by atoms with van der Waals surface area (Å²) in [6.45, 7) is 0. The van der Waals surface area contributed by atoms with Crippen LogP contribution in [0.25, 0.3) is 11.1 Å². The number of nitrogens with zero attached hydrogens (tertiary/aromatic N) is 1. The number of anilines is 1. The van der Waals surface area contributed by atoms with Gasteiger partial charge in [-0.25, -0.2) is 0 Å². The highest BCUT2D eigenvalue weighted by atomic mass is 16.5. The molecule has 1 heterocycles.